The van der Waals surface area contributed by atoms with Gasteiger partial charge in [0.05, 0.1) is 0 Å². The second-order valence-corrected chi connectivity index (χ2v) is 7.93. The summed E-state index contributed by atoms with van der Waals surface area (Å²) in [5.74, 6) is 0.311. The van der Waals surface area contributed by atoms with E-state index < -0.39 is 10.0 Å². The fourth-order valence-corrected chi connectivity index (χ4v) is 4.50. The predicted octanol–water partition coefficient (Wildman–Crippen LogP) is 2.37. The van der Waals surface area contributed by atoms with Gasteiger partial charge in [-0.05, 0) is 50.9 Å². The van der Waals surface area contributed by atoms with Crippen LogP contribution in [0.25, 0.3) is 0 Å². The van der Waals surface area contributed by atoms with Crippen molar-refractivity contribution in [3.05, 3.63) is 46.8 Å². The largest absolute Gasteiger partial charge is 0.360 e. The van der Waals surface area contributed by atoms with Gasteiger partial charge >= 0.3 is 0 Å². The number of hydrogen-bond donors (Lipinski definition) is 1. The zero-order valence-corrected chi connectivity index (χ0v) is 14.9. The minimum absolute atomic E-state index is 0.138. The number of aryl methyl sites for hydroxylation is 2. The summed E-state index contributed by atoms with van der Waals surface area (Å²) in [6, 6.07) is 7.98. The Hall–Kier alpha value is -1.70. The van der Waals surface area contributed by atoms with Gasteiger partial charge in [-0.1, -0.05) is 29.4 Å². The average molecular weight is 349 g/mol. The van der Waals surface area contributed by atoms with Gasteiger partial charge < -0.3 is 4.52 Å². The molecule has 1 fully saturated rings. The number of hydrogen-bond acceptors (Lipinski definition) is 5. The normalized spacial score (nSPS) is 15.9. The molecule has 0 unspecified atom stereocenters. The molecule has 1 saturated heterocycles. The summed E-state index contributed by atoms with van der Waals surface area (Å²) < 4.78 is 32.7. The number of nitrogens with zero attached hydrogens (tertiary/aromatic N) is 2. The molecule has 0 radical (unpaired) electrons. The highest BCUT2D eigenvalue weighted by molar-refractivity contribution is 7.89. The van der Waals surface area contributed by atoms with E-state index >= 15 is 0 Å². The summed E-state index contributed by atoms with van der Waals surface area (Å²) in [7, 11) is -3.64. The lowest BCUT2D eigenvalue weighted by molar-refractivity contribution is 0.330. The standard InChI is InChI=1S/C17H23N3O3S/c1-13-17(14(2)23-19-13)24(21,22)18-11-15-7-3-4-8-16(15)12-20-9-5-6-10-20/h3-4,7-8,18H,5-6,9-12H2,1-2H3. The Morgan fingerprint density at radius 2 is 1.83 bits per heavy atom. The Morgan fingerprint density at radius 3 is 2.46 bits per heavy atom. The smallest absolute Gasteiger partial charge is 0.246 e. The fourth-order valence-electron chi connectivity index (χ4n) is 3.17. The molecule has 0 spiro atoms. The molecule has 1 N–H and O–H groups in total. The minimum atomic E-state index is -3.64. The van der Waals surface area contributed by atoms with E-state index in [-0.39, 0.29) is 11.4 Å². The second kappa shape index (κ2) is 7.04. The van der Waals surface area contributed by atoms with Gasteiger partial charge in [0.2, 0.25) is 10.0 Å². The highest BCUT2D eigenvalue weighted by Gasteiger charge is 2.24. The van der Waals surface area contributed by atoms with Gasteiger partial charge in [0.15, 0.2) is 5.76 Å². The number of rotatable bonds is 6. The zero-order chi connectivity index (χ0) is 17.2. The predicted molar refractivity (Wildman–Crippen MR) is 91.0 cm³/mol. The van der Waals surface area contributed by atoms with Gasteiger partial charge in [0, 0.05) is 13.1 Å². The third-order valence-electron chi connectivity index (χ3n) is 4.40. The van der Waals surface area contributed by atoms with Crippen molar-refractivity contribution < 1.29 is 12.9 Å². The van der Waals surface area contributed by atoms with E-state index in [0.717, 1.165) is 25.2 Å². The Kier molecular flexibility index (Phi) is 5.03. The zero-order valence-electron chi connectivity index (χ0n) is 14.1. The molecule has 6 nitrogen and oxygen atoms in total. The van der Waals surface area contributed by atoms with Crippen molar-refractivity contribution >= 4 is 10.0 Å². The first kappa shape index (κ1) is 17.1. The molecule has 1 aliphatic rings. The molecular weight excluding hydrogens is 326 g/mol. The van der Waals surface area contributed by atoms with Crippen molar-refractivity contribution in [1.29, 1.82) is 0 Å². The van der Waals surface area contributed by atoms with Crippen LogP contribution in [0.15, 0.2) is 33.7 Å². The van der Waals surface area contributed by atoms with Crippen LogP contribution in [0.5, 0.6) is 0 Å². The fraction of sp³-hybridized carbons (Fsp3) is 0.471. The van der Waals surface area contributed by atoms with E-state index in [1.54, 1.807) is 13.8 Å². The van der Waals surface area contributed by atoms with Crippen LogP contribution in [0, 0.1) is 13.8 Å². The van der Waals surface area contributed by atoms with E-state index in [0.29, 0.717) is 11.5 Å². The summed E-state index contributed by atoms with van der Waals surface area (Å²) in [6.07, 6.45) is 2.47. The van der Waals surface area contributed by atoms with Crippen LogP contribution in [0.1, 0.15) is 35.4 Å². The average Bonchev–Trinajstić information content (AvgIpc) is 3.16. The quantitative estimate of drug-likeness (QED) is 0.866. The first-order chi connectivity index (χ1) is 11.5. The summed E-state index contributed by atoms with van der Waals surface area (Å²) in [6.45, 7) is 6.58. The molecule has 0 amide bonds. The lowest BCUT2D eigenvalue weighted by atomic mass is 10.1. The first-order valence-corrected chi connectivity index (χ1v) is 9.67. The maximum absolute atomic E-state index is 12.5. The maximum Gasteiger partial charge on any atom is 0.246 e. The van der Waals surface area contributed by atoms with Crippen molar-refractivity contribution in [3.8, 4) is 0 Å². The number of sulfonamides is 1. The lowest BCUT2D eigenvalue weighted by Crippen LogP contribution is -2.26. The van der Waals surface area contributed by atoms with Gasteiger partial charge in [0.1, 0.15) is 10.6 Å². The molecule has 2 aromatic rings. The van der Waals surface area contributed by atoms with Crippen LogP contribution >= 0.6 is 0 Å². The SMILES string of the molecule is Cc1noc(C)c1S(=O)(=O)NCc1ccccc1CN1CCCC1. The Labute approximate surface area is 142 Å². The van der Waals surface area contributed by atoms with Gasteiger partial charge in [-0.25, -0.2) is 13.1 Å². The summed E-state index contributed by atoms with van der Waals surface area (Å²) >= 11 is 0. The van der Waals surface area contributed by atoms with E-state index in [1.807, 2.05) is 18.2 Å². The summed E-state index contributed by atoms with van der Waals surface area (Å²) in [4.78, 5) is 2.54. The molecule has 0 aliphatic carbocycles. The highest BCUT2D eigenvalue weighted by Crippen LogP contribution is 2.20. The van der Waals surface area contributed by atoms with Crippen LogP contribution < -0.4 is 4.72 Å². The summed E-state index contributed by atoms with van der Waals surface area (Å²) in [5, 5.41) is 3.72. The molecule has 1 aromatic carbocycles. The Balaban J connectivity index is 1.74. The van der Waals surface area contributed by atoms with Gasteiger partial charge in [-0.3, -0.25) is 4.90 Å². The third kappa shape index (κ3) is 3.68. The van der Waals surface area contributed by atoms with Gasteiger partial charge in [-0.2, -0.15) is 0 Å². The van der Waals surface area contributed by atoms with Crippen molar-refractivity contribution in [2.45, 2.75) is 44.7 Å². The number of likely N-dealkylation sites (tertiary alicyclic amines) is 1. The monoisotopic (exact) mass is 349 g/mol. The van der Waals surface area contributed by atoms with Gasteiger partial charge in [-0.15, -0.1) is 0 Å². The Bertz CT molecular complexity index is 789. The number of aromatic nitrogens is 1. The number of nitrogens with one attached hydrogen (secondary N) is 1. The van der Waals surface area contributed by atoms with E-state index in [1.165, 1.54) is 18.4 Å². The van der Waals surface area contributed by atoms with Crippen LogP contribution in [0.3, 0.4) is 0 Å². The highest BCUT2D eigenvalue weighted by atomic mass is 32.2. The molecule has 0 atom stereocenters. The molecule has 0 saturated carbocycles. The molecule has 2 heterocycles. The van der Waals surface area contributed by atoms with E-state index in [4.69, 9.17) is 4.52 Å². The second-order valence-electron chi connectivity index (χ2n) is 6.23. The van der Waals surface area contributed by atoms with Crippen LogP contribution in [-0.2, 0) is 23.1 Å². The molecule has 1 aliphatic heterocycles. The molecule has 0 bridgehead atoms. The topological polar surface area (TPSA) is 75.4 Å². The van der Waals surface area contributed by atoms with Crippen molar-refractivity contribution in [2.75, 3.05) is 13.1 Å². The Morgan fingerprint density at radius 1 is 1.17 bits per heavy atom. The van der Waals surface area contributed by atoms with Crippen molar-refractivity contribution in [2.24, 2.45) is 0 Å². The van der Waals surface area contributed by atoms with Crippen molar-refractivity contribution in [1.82, 2.24) is 14.8 Å². The molecular formula is C17H23N3O3S. The van der Waals surface area contributed by atoms with Crippen LogP contribution in [0.4, 0.5) is 0 Å². The van der Waals surface area contributed by atoms with E-state index in [9.17, 15) is 8.42 Å². The summed E-state index contributed by atoms with van der Waals surface area (Å²) in [5.41, 5.74) is 2.55. The maximum atomic E-state index is 12.5. The third-order valence-corrected chi connectivity index (χ3v) is 6.04. The minimum Gasteiger partial charge on any atom is -0.360 e. The molecule has 3 rings (SSSR count). The lowest BCUT2D eigenvalue weighted by Gasteiger charge is -2.17. The molecule has 130 valence electrons. The van der Waals surface area contributed by atoms with Crippen molar-refractivity contribution in [3.63, 3.8) is 0 Å². The van der Waals surface area contributed by atoms with Crippen LogP contribution in [-0.4, -0.2) is 31.6 Å². The first-order valence-electron chi connectivity index (χ1n) is 8.19. The van der Waals surface area contributed by atoms with E-state index in [2.05, 4.69) is 20.8 Å². The molecule has 24 heavy (non-hydrogen) atoms. The van der Waals surface area contributed by atoms with Gasteiger partial charge in [0.25, 0.3) is 0 Å². The molecule has 7 heteroatoms. The number of benzene rings is 1. The van der Waals surface area contributed by atoms with Crippen LogP contribution in [0.2, 0.25) is 0 Å². The molecule has 1 aromatic heterocycles.